The van der Waals surface area contributed by atoms with E-state index in [1.165, 1.54) is 18.4 Å². The van der Waals surface area contributed by atoms with E-state index >= 15 is 0 Å². The highest BCUT2D eigenvalue weighted by Gasteiger charge is 2.40. The van der Waals surface area contributed by atoms with E-state index in [4.69, 9.17) is 16.3 Å². The maximum absolute atomic E-state index is 10.1. The maximum Gasteiger partial charge on any atom is 0.137 e. The molecule has 4 nitrogen and oxygen atoms in total. The number of piperidine rings is 2. The van der Waals surface area contributed by atoms with Crippen LogP contribution >= 0.6 is 11.6 Å². The number of likely N-dealkylation sites (tertiary alicyclic amines) is 2. The zero-order valence-electron chi connectivity index (χ0n) is 14.8. The van der Waals surface area contributed by atoms with Crippen molar-refractivity contribution in [1.82, 2.24) is 9.80 Å². The lowest BCUT2D eigenvalue weighted by atomic mass is 9.71. The second kappa shape index (κ2) is 7.61. The van der Waals surface area contributed by atoms with Gasteiger partial charge in [0.1, 0.15) is 5.75 Å². The van der Waals surface area contributed by atoms with Gasteiger partial charge >= 0.3 is 0 Å². The van der Waals surface area contributed by atoms with Crippen LogP contribution < -0.4 is 4.74 Å². The normalized spacial score (nSPS) is 25.1. The maximum atomic E-state index is 10.1. The van der Waals surface area contributed by atoms with Gasteiger partial charge in [-0.2, -0.15) is 0 Å². The van der Waals surface area contributed by atoms with E-state index in [0.29, 0.717) is 17.0 Å². The summed E-state index contributed by atoms with van der Waals surface area (Å²) in [5.74, 6) is 0.764. The molecule has 0 aliphatic carbocycles. The second-order valence-electron chi connectivity index (χ2n) is 7.53. The molecule has 0 bridgehead atoms. The fraction of sp³-hybridized carbons (Fsp3) is 0.684. The first-order valence-electron chi connectivity index (χ1n) is 9.00. The van der Waals surface area contributed by atoms with Crippen LogP contribution in [0.5, 0.6) is 5.75 Å². The monoisotopic (exact) mass is 352 g/mol. The van der Waals surface area contributed by atoms with Crippen molar-refractivity contribution in [2.75, 3.05) is 39.8 Å². The van der Waals surface area contributed by atoms with Crippen LogP contribution in [0, 0.1) is 5.41 Å². The van der Waals surface area contributed by atoms with Crippen LogP contribution in [0.1, 0.15) is 31.7 Å². The average molecular weight is 353 g/mol. The van der Waals surface area contributed by atoms with Crippen molar-refractivity contribution in [3.8, 4) is 5.75 Å². The number of ether oxygens (including phenoxy) is 1. The third-order valence-electron chi connectivity index (χ3n) is 5.42. The number of rotatable bonds is 4. The fourth-order valence-electron chi connectivity index (χ4n) is 4.35. The second-order valence-corrected chi connectivity index (χ2v) is 7.94. The van der Waals surface area contributed by atoms with Crippen molar-refractivity contribution in [3.63, 3.8) is 0 Å². The molecule has 0 radical (unpaired) electrons. The number of aliphatic hydroxyl groups is 1. The predicted molar refractivity (Wildman–Crippen MR) is 97.7 cm³/mol. The summed E-state index contributed by atoms with van der Waals surface area (Å²) in [4.78, 5) is 4.79. The first kappa shape index (κ1) is 18.0. The van der Waals surface area contributed by atoms with Gasteiger partial charge in [-0.1, -0.05) is 17.7 Å². The summed E-state index contributed by atoms with van der Waals surface area (Å²) in [5, 5.41) is 10.8. The number of likely N-dealkylation sites (N-methyl/N-ethyl adjacent to an activating group) is 1. The lowest BCUT2D eigenvalue weighted by Gasteiger charge is -2.48. The molecule has 2 aliphatic heterocycles. The molecule has 2 heterocycles. The van der Waals surface area contributed by atoms with Crippen LogP contribution in [-0.4, -0.2) is 60.8 Å². The number of β-amino-alcohol motifs (C(OH)–C–C–N with tert-alkyl or cyclic N) is 1. The van der Waals surface area contributed by atoms with Crippen LogP contribution in [0.3, 0.4) is 0 Å². The van der Waals surface area contributed by atoms with Crippen molar-refractivity contribution >= 4 is 11.6 Å². The van der Waals surface area contributed by atoms with Crippen LogP contribution in [0.4, 0.5) is 0 Å². The molecule has 3 rings (SSSR count). The number of nitrogens with zero attached hydrogens (tertiary/aromatic N) is 2. The Hall–Kier alpha value is -0.810. The topological polar surface area (TPSA) is 35.9 Å². The van der Waals surface area contributed by atoms with E-state index in [1.54, 1.807) is 0 Å². The quantitative estimate of drug-likeness (QED) is 0.903. The molecular weight excluding hydrogens is 324 g/mol. The van der Waals surface area contributed by atoms with Gasteiger partial charge in [0, 0.05) is 19.6 Å². The standard InChI is InChI=1S/C19H29ClN2O2/c1-3-24-18-5-4-15(10-17(18)20)12-22-8-6-19(7-9-22)11-16(23)13-21(2)14-19/h4-5,10,16,23H,3,6-9,11-14H2,1-2H3. The highest BCUT2D eigenvalue weighted by atomic mass is 35.5. The van der Waals surface area contributed by atoms with Gasteiger partial charge in [-0.3, -0.25) is 4.90 Å². The summed E-state index contributed by atoms with van der Waals surface area (Å²) in [6, 6.07) is 6.10. The molecule has 0 amide bonds. The third kappa shape index (κ3) is 4.23. The van der Waals surface area contributed by atoms with Gasteiger partial charge in [-0.05, 0) is 69.4 Å². The SMILES string of the molecule is CCOc1ccc(CN2CCC3(CC2)CC(O)CN(C)C3)cc1Cl. The minimum absolute atomic E-state index is 0.166. The zero-order valence-corrected chi connectivity index (χ0v) is 15.6. The molecule has 2 aliphatic rings. The molecular formula is C19H29ClN2O2. The summed E-state index contributed by atoms with van der Waals surface area (Å²) in [5.41, 5.74) is 1.54. The molecule has 1 aromatic rings. The number of aliphatic hydroxyl groups excluding tert-OH is 1. The van der Waals surface area contributed by atoms with Crippen LogP contribution in [-0.2, 0) is 6.54 Å². The fourth-order valence-corrected chi connectivity index (χ4v) is 4.60. The Morgan fingerprint density at radius 1 is 1.33 bits per heavy atom. The summed E-state index contributed by atoms with van der Waals surface area (Å²) in [7, 11) is 2.12. The molecule has 1 aromatic carbocycles. The van der Waals surface area contributed by atoms with E-state index in [1.807, 2.05) is 19.1 Å². The predicted octanol–water partition coefficient (Wildman–Crippen LogP) is 3.02. The van der Waals surface area contributed by atoms with Crippen molar-refractivity contribution in [2.45, 2.75) is 38.8 Å². The smallest absolute Gasteiger partial charge is 0.137 e. The van der Waals surface area contributed by atoms with Crippen molar-refractivity contribution in [1.29, 1.82) is 0 Å². The third-order valence-corrected chi connectivity index (χ3v) is 5.71. The van der Waals surface area contributed by atoms with E-state index < -0.39 is 0 Å². The molecule has 0 aromatic heterocycles. The van der Waals surface area contributed by atoms with E-state index in [-0.39, 0.29) is 6.10 Å². The Bertz CT molecular complexity index is 546. The summed E-state index contributed by atoms with van der Waals surface area (Å²) in [6.45, 7) is 7.64. The minimum atomic E-state index is -0.166. The molecule has 1 spiro atoms. The Labute approximate surface area is 150 Å². The molecule has 1 N–H and O–H groups in total. The van der Waals surface area contributed by atoms with Crippen molar-refractivity contribution < 1.29 is 9.84 Å². The molecule has 5 heteroatoms. The van der Waals surface area contributed by atoms with Crippen molar-refractivity contribution in [3.05, 3.63) is 28.8 Å². The molecule has 1 atom stereocenters. The van der Waals surface area contributed by atoms with Gasteiger partial charge in [0.25, 0.3) is 0 Å². The zero-order chi connectivity index (χ0) is 17.2. The molecule has 1 unspecified atom stereocenters. The lowest BCUT2D eigenvalue weighted by Crippen LogP contribution is -2.52. The van der Waals surface area contributed by atoms with Gasteiger partial charge in [-0.25, -0.2) is 0 Å². The first-order chi connectivity index (χ1) is 11.5. The highest BCUT2D eigenvalue weighted by molar-refractivity contribution is 6.32. The highest BCUT2D eigenvalue weighted by Crippen LogP contribution is 2.40. The lowest BCUT2D eigenvalue weighted by molar-refractivity contribution is -0.0331. The Kier molecular flexibility index (Phi) is 5.70. The van der Waals surface area contributed by atoms with Crippen LogP contribution in [0.2, 0.25) is 5.02 Å². The molecule has 2 saturated heterocycles. The van der Waals surface area contributed by atoms with Crippen LogP contribution in [0.25, 0.3) is 0 Å². The molecule has 2 fully saturated rings. The minimum Gasteiger partial charge on any atom is -0.492 e. The Balaban J connectivity index is 1.56. The molecule has 134 valence electrons. The van der Waals surface area contributed by atoms with Gasteiger partial charge in [-0.15, -0.1) is 0 Å². The van der Waals surface area contributed by atoms with Gasteiger partial charge in [0.05, 0.1) is 17.7 Å². The van der Waals surface area contributed by atoms with E-state index in [2.05, 4.69) is 22.9 Å². The number of benzene rings is 1. The summed E-state index contributed by atoms with van der Waals surface area (Å²) < 4.78 is 5.50. The average Bonchev–Trinajstić information content (AvgIpc) is 2.52. The molecule has 0 saturated carbocycles. The van der Waals surface area contributed by atoms with E-state index in [0.717, 1.165) is 44.9 Å². The Morgan fingerprint density at radius 3 is 2.71 bits per heavy atom. The summed E-state index contributed by atoms with van der Waals surface area (Å²) >= 11 is 6.30. The Morgan fingerprint density at radius 2 is 2.08 bits per heavy atom. The summed E-state index contributed by atoms with van der Waals surface area (Å²) in [6.07, 6.45) is 3.12. The van der Waals surface area contributed by atoms with Crippen LogP contribution in [0.15, 0.2) is 18.2 Å². The van der Waals surface area contributed by atoms with Crippen molar-refractivity contribution in [2.24, 2.45) is 5.41 Å². The number of hydrogen-bond donors (Lipinski definition) is 1. The van der Waals surface area contributed by atoms with Gasteiger partial charge in [0.2, 0.25) is 0 Å². The van der Waals surface area contributed by atoms with E-state index in [9.17, 15) is 5.11 Å². The number of halogens is 1. The van der Waals surface area contributed by atoms with Gasteiger partial charge < -0.3 is 14.7 Å². The van der Waals surface area contributed by atoms with Gasteiger partial charge in [0.15, 0.2) is 0 Å². The largest absolute Gasteiger partial charge is 0.492 e. The number of hydrogen-bond acceptors (Lipinski definition) is 4. The first-order valence-corrected chi connectivity index (χ1v) is 9.38. The molecule has 24 heavy (non-hydrogen) atoms.